The minimum Gasteiger partial charge on any atom is -0.310 e. The van der Waals surface area contributed by atoms with Crippen LogP contribution >= 0.6 is 0 Å². The van der Waals surface area contributed by atoms with Crippen molar-refractivity contribution in [2.45, 2.75) is 13.3 Å². The third-order valence-corrected chi connectivity index (χ3v) is 4.82. The molecule has 0 aromatic heterocycles. The molecule has 2 aliphatic rings. The van der Waals surface area contributed by atoms with Crippen LogP contribution in [0.5, 0.6) is 0 Å². The van der Waals surface area contributed by atoms with Crippen LogP contribution in [0.1, 0.15) is 33.2 Å². The van der Waals surface area contributed by atoms with Gasteiger partial charge in [0.05, 0.1) is 11.1 Å². The molecule has 0 saturated carbocycles. The second kappa shape index (κ2) is 5.84. The van der Waals surface area contributed by atoms with Gasteiger partial charge in [-0.15, -0.1) is 0 Å². The van der Waals surface area contributed by atoms with E-state index in [0.29, 0.717) is 23.6 Å². The van der Waals surface area contributed by atoms with Crippen LogP contribution in [-0.2, 0) is 11.2 Å². The summed E-state index contributed by atoms with van der Waals surface area (Å²) in [4.78, 5) is 40.6. The Hall–Kier alpha value is -2.95. The van der Waals surface area contributed by atoms with Crippen molar-refractivity contribution in [3.8, 4) is 0 Å². The standard InChI is InChI=1S/C20H18N2O3/c1-13-10-14-6-2-5-9-17(14)21(11-13)18(23)12-22-19(24)15-7-3-4-8-16(15)20(22)25/h2-9,13H,10-12H2,1H3. The van der Waals surface area contributed by atoms with Crippen LogP contribution in [0.15, 0.2) is 48.5 Å². The van der Waals surface area contributed by atoms with Gasteiger partial charge < -0.3 is 4.90 Å². The first-order valence-corrected chi connectivity index (χ1v) is 8.39. The van der Waals surface area contributed by atoms with Gasteiger partial charge in [-0.3, -0.25) is 19.3 Å². The Morgan fingerprint density at radius 1 is 1.00 bits per heavy atom. The highest BCUT2D eigenvalue weighted by Gasteiger charge is 2.38. The lowest BCUT2D eigenvalue weighted by Gasteiger charge is -2.34. The molecule has 0 bridgehead atoms. The Labute approximate surface area is 145 Å². The maximum absolute atomic E-state index is 12.9. The molecule has 2 heterocycles. The van der Waals surface area contributed by atoms with Crippen molar-refractivity contribution in [2.24, 2.45) is 5.92 Å². The molecule has 2 aromatic carbocycles. The summed E-state index contributed by atoms with van der Waals surface area (Å²) in [6, 6.07) is 14.5. The van der Waals surface area contributed by atoms with E-state index in [1.807, 2.05) is 24.3 Å². The van der Waals surface area contributed by atoms with Crippen LogP contribution in [0.2, 0.25) is 0 Å². The molecule has 3 amide bonds. The number of carbonyl (C=O) groups is 3. The smallest absolute Gasteiger partial charge is 0.262 e. The van der Waals surface area contributed by atoms with Gasteiger partial charge in [-0.2, -0.15) is 0 Å². The minimum absolute atomic E-state index is 0.228. The Morgan fingerprint density at radius 3 is 2.28 bits per heavy atom. The van der Waals surface area contributed by atoms with Gasteiger partial charge in [0.15, 0.2) is 0 Å². The van der Waals surface area contributed by atoms with Crippen LogP contribution in [-0.4, -0.2) is 35.7 Å². The molecule has 0 radical (unpaired) electrons. The van der Waals surface area contributed by atoms with Gasteiger partial charge >= 0.3 is 0 Å². The Bertz CT molecular complexity index is 855. The van der Waals surface area contributed by atoms with Crippen molar-refractivity contribution in [2.75, 3.05) is 18.0 Å². The van der Waals surface area contributed by atoms with E-state index < -0.39 is 11.8 Å². The fourth-order valence-electron chi connectivity index (χ4n) is 3.64. The summed E-state index contributed by atoms with van der Waals surface area (Å²) in [7, 11) is 0. The summed E-state index contributed by atoms with van der Waals surface area (Å²) in [5.74, 6) is -0.686. The van der Waals surface area contributed by atoms with E-state index >= 15 is 0 Å². The number of nitrogens with zero attached hydrogens (tertiary/aromatic N) is 2. The second-order valence-corrected chi connectivity index (χ2v) is 6.68. The first-order chi connectivity index (χ1) is 12.1. The number of para-hydroxylation sites is 1. The van der Waals surface area contributed by atoms with Crippen molar-refractivity contribution in [1.29, 1.82) is 0 Å². The highest BCUT2D eigenvalue weighted by Crippen LogP contribution is 2.30. The highest BCUT2D eigenvalue weighted by molar-refractivity contribution is 6.22. The van der Waals surface area contributed by atoms with Gasteiger partial charge in [0.2, 0.25) is 5.91 Å². The monoisotopic (exact) mass is 334 g/mol. The van der Waals surface area contributed by atoms with Crippen LogP contribution < -0.4 is 4.90 Å². The van der Waals surface area contributed by atoms with Gasteiger partial charge in [-0.1, -0.05) is 37.3 Å². The summed E-state index contributed by atoms with van der Waals surface area (Å²) in [6.07, 6.45) is 0.924. The Morgan fingerprint density at radius 2 is 1.60 bits per heavy atom. The maximum atomic E-state index is 12.9. The molecule has 1 atom stereocenters. The maximum Gasteiger partial charge on any atom is 0.262 e. The summed E-state index contributed by atoms with van der Waals surface area (Å²) in [5.41, 5.74) is 2.74. The van der Waals surface area contributed by atoms with E-state index in [4.69, 9.17) is 0 Å². The number of fused-ring (bicyclic) bond motifs is 2. The lowest BCUT2D eigenvalue weighted by atomic mass is 9.94. The summed E-state index contributed by atoms with van der Waals surface area (Å²) >= 11 is 0. The zero-order valence-electron chi connectivity index (χ0n) is 13.9. The molecular formula is C20H18N2O3. The van der Waals surface area contributed by atoms with Crippen molar-refractivity contribution in [1.82, 2.24) is 4.90 Å². The molecular weight excluding hydrogens is 316 g/mol. The number of imide groups is 1. The Balaban J connectivity index is 1.60. The average Bonchev–Trinajstić information content (AvgIpc) is 2.86. The molecule has 2 aromatic rings. The quantitative estimate of drug-likeness (QED) is 0.793. The predicted octanol–water partition coefficient (Wildman–Crippen LogP) is 2.51. The zero-order chi connectivity index (χ0) is 17.6. The predicted molar refractivity (Wildman–Crippen MR) is 93.5 cm³/mol. The van der Waals surface area contributed by atoms with Gasteiger partial charge in [-0.05, 0) is 36.1 Å². The first kappa shape index (κ1) is 15.6. The number of hydrogen-bond donors (Lipinski definition) is 0. The van der Waals surface area contributed by atoms with Gasteiger partial charge in [0.25, 0.3) is 11.8 Å². The summed E-state index contributed by atoms with van der Waals surface area (Å²) < 4.78 is 0. The SMILES string of the molecule is CC1Cc2ccccc2N(C(=O)CN2C(=O)c3ccccc3C2=O)C1. The number of rotatable bonds is 2. The van der Waals surface area contributed by atoms with Crippen LogP contribution in [0.3, 0.4) is 0 Å². The number of carbonyl (C=O) groups excluding carboxylic acids is 3. The van der Waals surface area contributed by atoms with Crippen molar-refractivity contribution < 1.29 is 14.4 Å². The molecule has 126 valence electrons. The van der Waals surface area contributed by atoms with E-state index in [1.54, 1.807) is 29.2 Å². The van der Waals surface area contributed by atoms with Crippen LogP contribution in [0, 0.1) is 5.92 Å². The van der Waals surface area contributed by atoms with E-state index in [0.717, 1.165) is 22.6 Å². The van der Waals surface area contributed by atoms with Gasteiger partial charge in [0.1, 0.15) is 6.54 Å². The van der Waals surface area contributed by atoms with Crippen LogP contribution in [0.25, 0.3) is 0 Å². The number of benzene rings is 2. The van der Waals surface area contributed by atoms with Gasteiger partial charge in [-0.25, -0.2) is 0 Å². The second-order valence-electron chi connectivity index (χ2n) is 6.68. The van der Waals surface area contributed by atoms with Crippen molar-refractivity contribution in [3.05, 3.63) is 65.2 Å². The van der Waals surface area contributed by atoms with Gasteiger partial charge in [0, 0.05) is 12.2 Å². The normalized spacial score (nSPS) is 19.0. The topological polar surface area (TPSA) is 57.7 Å². The molecule has 0 spiro atoms. The molecule has 5 heteroatoms. The molecule has 0 N–H and O–H groups in total. The number of hydrogen-bond acceptors (Lipinski definition) is 3. The molecule has 4 rings (SSSR count). The van der Waals surface area contributed by atoms with E-state index in [1.165, 1.54) is 0 Å². The minimum atomic E-state index is -0.396. The van der Waals surface area contributed by atoms with Crippen molar-refractivity contribution >= 4 is 23.4 Å². The summed E-state index contributed by atoms with van der Waals surface area (Å²) in [6.45, 7) is 2.46. The van der Waals surface area contributed by atoms with Crippen molar-refractivity contribution in [3.63, 3.8) is 0 Å². The largest absolute Gasteiger partial charge is 0.310 e. The lowest BCUT2D eigenvalue weighted by molar-refractivity contribution is -0.119. The fourth-order valence-corrected chi connectivity index (χ4v) is 3.64. The van der Waals surface area contributed by atoms with E-state index in [-0.39, 0.29) is 12.5 Å². The molecule has 5 nitrogen and oxygen atoms in total. The molecule has 0 saturated heterocycles. The first-order valence-electron chi connectivity index (χ1n) is 8.39. The Kier molecular flexibility index (Phi) is 3.64. The zero-order valence-corrected chi connectivity index (χ0v) is 13.9. The third-order valence-electron chi connectivity index (χ3n) is 4.82. The average molecular weight is 334 g/mol. The molecule has 25 heavy (non-hydrogen) atoms. The van der Waals surface area contributed by atoms with E-state index in [2.05, 4.69) is 6.92 Å². The number of anilines is 1. The molecule has 2 aliphatic heterocycles. The third kappa shape index (κ3) is 2.52. The summed E-state index contributed by atoms with van der Waals surface area (Å²) in [5, 5.41) is 0. The lowest BCUT2D eigenvalue weighted by Crippen LogP contribution is -2.46. The molecule has 0 fully saturated rings. The highest BCUT2D eigenvalue weighted by atomic mass is 16.2. The fraction of sp³-hybridized carbons (Fsp3) is 0.250. The van der Waals surface area contributed by atoms with E-state index in [9.17, 15) is 14.4 Å². The molecule has 1 unspecified atom stereocenters. The molecule has 0 aliphatic carbocycles. The van der Waals surface area contributed by atoms with Crippen LogP contribution in [0.4, 0.5) is 5.69 Å². The number of amides is 3.